The molecule has 3 nitrogen and oxygen atoms in total. The van der Waals surface area contributed by atoms with Crippen LogP contribution in [0.3, 0.4) is 0 Å². The van der Waals surface area contributed by atoms with Crippen LogP contribution in [-0.4, -0.2) is 12.2 Å². The molecular weight excluding hydrogens is 166 g/mol. The van der Waals surface area contributed by atoms with Crippen LogP contribution < -0.4 is 5.73 Å². The second-order valence-electron chi connectivity index (χ2n) is 2.52. The molecule has 0 heterocycles. The second-order valence-corrected chi connectivity index (χ2v) is 2.52. The van der Waals surface area contributed by atoms with E-state index in [4.69, 9.17) is 10.5 Å². The lowest BCUT2D eigenvalue weighted by Gasteiger charge is -2.08. The van der Waals surface area contributed by atoms with Gasteiger partial charge in [-0.15, -0.1) is 6.58 Å². The minimum Gasteiger partial charge on any atom is -0.440 e. The molecule has 0 aromatic carbocycles. The van der Waals surface area contributed by atoms with Gasteiger partial charge in [-0.1, -0.05) is 18.7 Å². The number of allylic oxidation sites excluding steroid dienone is 2. The zero-order valence-electron chi connectivity index (χ0n) is 7.82. The number of hydrogen-bond acceptors (Lipinski definition) is 3. The number of rotatable bonds is 5. The van der Waals surface area contributed by atoms with Crippen molar-refractivity contribution >= 4 is 5.97 Å². The van der Waals surface area contributed by atoms with Crippen LogP contribution in [0.2, 0.25) is 0 Å². The van der Waals surface area contributed by atoms with Gasteiger partial charge in [-0.05, 0) is 19.4 Å². The van der Waals surface area contributed by atoms with Crippen LogP contribution >= 0.6 is 0 Å². The van der Waals surface area contributed by atoms with E-state index < -0.39 is 12.2 Å². The molecule has 0 fully saturated rings. The van der Waals surface area contributed by atoms with E-state index >= 15 is 0 Å². The van der Waals surface area contributed by atoms with Crippen LogP contribution in [0.4, 0.5) is 0 Å². The molecule has 0 aromatic rings. The van der Waals surface area contributed by atoms with E-state index in [1.165, 1.54) is 6.08 Å². The molecule has 0 radical (unpaired) electrons. The van der Waals surface area contributed by atoms with Gasteiger partial charge in [-0.25, -0.2) is 4.79 Å². The Kier molecular flexibility index (Phi) is 5.55. The summed E-state index contributed by atoms with van der Waals surface area (Å²) in [5, 5.41) is 0. The molecule has 0 rings (SSSR count). The Hall–Kier alpha value is -1.35. The fraction of sp³-hybridized carbons (Fsp3) is 0.300. The minimum atomic E-state index is -0.736. The van der Waals surface area contributed by atoms with Gasteiger partial charge in [0.15, 0.2) is 6.23 Å². The molecule has 0 spiro atoms. The molecular formula is C10H15NO2. The summed E-state index contributed by atoms with van der Waals surface area (Å²) in [5.74, 6) is -0.422. The third-order valence-electron chi connectivity index (χ3n) is 1.39. The van der Waals surface area contributed by atoms with E-state index in [0.717, 1.165) is 0 Å². The molecule has 0 amide bonds. The molecule has 0 saturated carbocycles. The number of esters is 1. The van der Waals surface area contributed by atoms with Gasteiger partial charge in [0.1, 0.15) is 0 Å². The highest BCUT2D eigenvalue weighted by Gasteiger charge is 2.07. The first-order valence-corrected chi connectivity index (χ1v) is 3.98. The zero-order chi connectivity index (χ0) is 10.3. The van der Waals surface area contributed by atoms with Gasteiger partial charge in [0, 0.05) is 5.57 Å². The van der Waals surface area contributed by atoms with Crippen LogP contribution in [0.25, 0.3) is 0 Å². The lowest BCUT2D eigenvalue weighted by Crippen LogP contribution is -2.24. The van der Waals surface area contributed by atoms with Gasteiger partial charge in [-0.3, -0.25) is 5.73 Å². The number of ether oxygens (including phenoxy) is 1. The van der Waals surface area contributed by atoms with Crippen molar-refractivity contribution in [2.75, 3.05) is 0 Å². The molecule has 0 bridgehead atoms. The highest BCUT2D eigenvalue weighted by atomic mass is 16.6. The van der Waals surface area contributed by atoms with E-state index in [2.05, 4.69) is 13.2 Å². The molecule has 0 saturated heterocycles. The predicted molar refractivity (Wildman–Crippen MR) is 52.8 cm³/mol. The van der Waals surface area contributed by atoms with Crippen LogP contribution in [0.15, 0.2) is 37.0 Å². The van der Waals surface area contributed by atoms with Crippen molar-refractivity contribution < 1.29 is 9.53 Å². The van der Waals surface area contributed by atoms with Crippen molar-refractivity contribution in [2.24, 2.45) is 5.73 Å². The monoisotopic (exact) mass is 181 g/mol. The maximum atomic E-state index is 11.2. The minimum absolute atomic E-state index is 0.422. The van der Waals surface area contributed by atoms with Gasteiger partial charge in [0.2, 0.25) is 0 Å². The number of hydrogen-bond donors (Lipinski definition) is 1. The van der Waals surface area contributed by atoms with Crippen molar-refractivity contribution in [3.8, 4) is 0 Å². The molecule has 2 N–H and O–H groups in total. The van der Waals surface area contributed by atoms with Crippen molar-refractivity contribution in [2.45, 2.75) is 19.6 Å². The number of nitrogens with two attached hydrogens (primary N) is 1. The first kappa shape index (κ1) is 11.6. The van der Waals surface area contributed by atoms with Crippen LogP contribution in [0.1, 0.15) is 13.3 Å². The predicted octanol–water partition coefficient (Wildman–Crippen LogP) is 1.52. The van der Waals surface area contributed by atoms with E-state index in [9.17, 15) is 4.79 Å². The van der Waals surface area contributed by atoms with Gasteiger partial charge in [0.05, 0.1) is 0 Å². The summed E-state index contributed by atoms with van der Waals surface area (Å²) in [7, 11) is 0. The smallest absolute Gasteiger partial charge is 0.335 e. The SMILES string of the molecule is C=CCC=C(C)C(=O)OC(N)C=C. The number of carbonyl (C=O) groups is 1. The molecule has 72 valence electrons. The topological polar surface area (TPSA) is 52.3 Å². The Balaban J connectivity index is 4.09. The average molecular weight is 181 g/mol. The van der Waals surface area contributed by atoms with Crippen molar-refractivity contribution in [1.29, 1.82) is 0 Å². The summed E-state index contributed by atoms with van der Waals surface area (Å²) >= 11 is 0. The summed E-state index contributed by atoms with van der Waals surface area (Å²) in [6.45, 7) is 8.60. The summed E-state index contributed by atoms with van der Waals surface area (Å²) in [6, 6.07) is 0. The van der Waals surface area contributed by atoms with Gasteiger partial charge >= 0.3 is 5.97 Å². The normalized spacial score (nSPS) is 13.2. The fourth-order valence-electron chi connectivity index (χ4n) is 0.608. The van der Waals surface area contributed by atoms with E-state index in [-0.39, 0.29) is 0 Å². The van der Waals surface area contributed by atoms with Gasteiger partial charge in [-0.2, -0.15) is 0 Å². The van der Waals surface area contributed by atoms with Crippen molar-refractivity contribution in [1.82, 2.24) is 0 Å². The second kappa shape index (κ2) is 6.20. The third kappa shape index (κ3) is 4.98. The summed E-state index contributed by atoms with van der Waals surface area (Å²) in [6.07, 6.45) is 4.69. The molecule has 1 atom stereocenters. The van der Waals surface area contributed by atoms with E-state index in [0.29, 0.717) is 12.0 Å². The van der Waals surface area contributed by atoms with Crippen LogP contribution in [0, 0.1) is 0 Å². The van der Waals surface area contributed by atoms with E-state index in [1.54, 1.807) is 19.1 Å². The largest absolute Gasteiger partial charge is 0.440 e. The summed E-state index contributed by atoms with van der Waals surface area (Å²) in [5.41, 5.74) is 5.86. The lowest BCUT2D eigenvalue weighted by atomic mass is 10.2. The molecule has 0 aliphatic rings. The molecule has 0 aliphatic carbocycles. The van der Waals surface area contributed by atoms with Gasteiger partial charge in [0.25, 0.3) is 0 Å². The maximum Gasteiger partial charge on any atom is 0.335 e. The Morgan fingerprint density at radius 2 is 2.23 bits per heavy atom. The quantitative estimate of drug-likeness (QED) is 0.303. The zero-order valence-corrected chi connectivity index (χ0v) is 7.82. The molecule has 0 aliphatic heterocycles. The third-order valence-corrected chi connectivity index (χ3v) is 1.39. The Morgan fingerprint density at radius 1 is 1.62 bits per heavy atom. The van der Waals surface area contributed by atoms with Gasteiger partial charge < -0.3 is 4.74 Å². The molecule has 1 unspecified atom stereocenters. The summed E-state index contributed by atoms with van der Waals surface area (Å²) < 4.78 is 4.78. The number of carbonyl (C=O) groups excluding carboxylic acids is 1. The van der Waals surface area contributed by atoms with E-state index in [1.807, 2.05) is 0 Å². The van der Waals surface area contributed by atoms with Crippen molar-refractivity contribution in [3.63, 3.8) is 0 Å². The Bertz CT molecular complexity index is 231. The highest BCUT2D eigenvalue weighted by molar-refractivity contribution is 5.87. The standard InChI is InChI=1S/C10H15NO2/c1-4-6-7-8(3)10(12)13-9(11)5-2/h4-5,7,9H,1-2,6,11H2,3H3. The first-order chi connectivity index (χ1) is 6.11. The lowest BCUT2D eigenvalue weighted by molar-refractivity contribution is -0.141. The van der Waals surface area contributed by atoms with Crippen molar-refractivity contribution in [3.05, 3.63) is 37.0 Å². The Morgan fingerprint density at radius 3 is 2.69 bits per heavy atom. The maximum absolute atomic E-state index is 11.2. The highest BCUT2D eigenvalue weighted by Crippen LogP contribution is 2.00. The molecule has 13 heavy (non-hydrogen) atoms. The summed E-state index contributed by atoms with van der Waals surface area (Å²) in [4.78, 5) is 11.2. The molecule has 0 aromatic heterocycles. The average Bonchev–Trinajstić information content (AvgIpc) is 2.13. The molecule has 3 heteroatoms. The van der Waals surface area contributed by atoms with Crippen LogP contribution in [-0.2, 0) is 9.53 Å². The Labute approximate surface area is 78.6 Å². The van der Waals surface area contributed by atoms with Crippen LogP contribution in [0.5, 0.6) is 0 Å². The first-order valence-electron chi connectivity index (χ1n) is 3.98. The fourth-order valence-corrected chi connectivity index (χ4v) is 0.608.